The summed E-state index contributed by atoms with van der Waals surface area (Å²) in [4.78, 5) is 166. The van der Waals surface area contributed by atoms with Gasteiger partial charge in [-0.1, -0.05) is 95.2 Å². The van der Waals surface area contributed by atoms with E-state index in [1.165, 1.54) is 82.8 Å². The first-order valence-electron chi connectivity index (χ1n) is 28.7. The summed E-state index contributed by atoms with van der Waals surface area (Å²) < 4.78 is 0. The van der Waals surface area contributed by atoms with Crippen LogP contribution in [-0.4, -0.2) is 227 Å². The number of rotatable bonds is 13. The smallest absolute Gasteiger partial charge is 0.246 e. The van der Waals surface area contributed by atoms with Gasteiger partial charge in [-0.25, -0.2) is 0 Å². The molecule has 0 aliphatic carbocycles. The second-order valence-electron chi connectivity index (χ2n) is 24.3. The Morgan fingerprint density at radius 2 is 0.951 bits per heavy atom. The number of nitrogens with zero attached hydrogens (tertiary/aromatic N) is 7. The van der Waals surface area contributed by atoms with E-state index < -0.39 is 156 Å². The third-order valence-corrected chi connectivity index (χ3v) is 15.0. The fraction of sp³-hybridized carbons (Fsp3) is 0.776. The normalized spacial score (nSPS) is 26.6. The number of hydrogen-bond donors (Lipinski definition) is 5. The Labute approximate surface area is 483 Å². The summed E-state index contributed by atoms with van der Waals surface area (Å²) in [5.74, 6) is -9.63. The first-order valence-corrected chi connectivity index (χ1v) is 28.7. The van der Waals surface area contributed by atoms with Crippen molar-refractivity contribution >= 4 is 65.0 Å². The van der Waals surface area contributed by atoms with E-state index in [-0.39, 0.29) is 43.4 Å². The highest BCUT2D eigenvalue weighted by Crippen LogP contribution is 2.25. The molecular formula is C58H103N11O12. The molecule has 81 heavy (non-hydrogen) atoms. The molecule has 1 saturated heterocycles. The molecule has 1 fully saturated rings. The number of hydrogen-bond acceptors (Lipinski definition) is 12. The molecule has 1 aliphatic heterocycles. The van der Waals surface area contributed by atoms with Gasteiger partial charge in [-0.3, -0.25) is 52.7 Å². The molecule has 0 bridgehead atoms. The van der Waals surface area contributed by atoms with Crippen LogP contribution >= 0.6 is 0 Å². The van der Waals surface area contributed by atoms with Gasteiger partial charge in [0.25, 0.3) is 0 Å². The van der Waals surface area contributed by atoms with Crippen LogP contribution < -0.4 is 21.3 Å². The molecule has 0 aromatic rings. The van der Waals surface area contributed by atoms with Crippen LogP contribution in [0.15, 0.2) is 12.2 Å². The van der Waals surface area contributed by atoms with E-state index in [0.717, 1.165) is 14.7 Å². The lowest BCUT2D eigenvalue weighted by Crippen LogP contribution is -2.63. The van der Waals surface area contributed by atoms with Crippen molar-refractivity contribution in [3.05, 3.63) is 12.2 Å². The predicted octanol–water partition coefficient (Wildman–Crippen LogP) is 1.85. The van der Waals surface area contributed by atoms with E-state index in [9.17, 15) is 48.3 Å². The zero-order valence-electron chi connectivity index (χ0n) is 52.9. The highest BCUT2D eigenvalue weighted by Gasteiger charge is 2.45. The zero-order valence-corrected chi connectivity index (χ0v) is 52.9. The minimum absolute atomic E-state index is 0.0269. The highest BCUT2D eigenvalue weighted by molar-refractivity contribution is 5.99. The van der Waals surface area contributed by atoms with Gasteiger partial charge in [0.2, 0.25) is 65.0 Å². The van der Waals surface area contributed by atoms with Crippen LogP contribution in [0, 0.1) is 35.5 Å². The van der Waals surface area contributed by atoms with Crippen LogP contribution in [0.25, 0.3) is 0 Å². The van der Waals surface area contributed by atoms with Crippen LogP contribution in [-0.2, 0) is 52.7 Å². The second kappa shape index (κ2) is 33.1. The maximum absolute atomic E-state index is 15.0. The van der Waals surface area contributed by atoms with Crippen molar-refractivity contribution in [1.82, 2.24) is 55.6 Å². The third-order valence-electron chi connectivity index (χ3n) is 15.0. The molecule has 0 aromatic heterocycles. The SMILES string of the molecule is C/C=C/C[C@@H](C)[C@@H](O)[C@H]1C(=O)N[C@@H](CC)C(=O)N(C)CC(=O)N(C)CC(=O)N[C@@H](C(C)C)C(=O)N(C)[C@@H](CC(C)C)C(=O)N[C@@H](C)C(=O)N[C@H](C)C(=O)N(C)[C@@H](CC(C)C)C(=O)N(C)[C@H](CC(C)C)C(=O)N(C)[C@@H](C(C)C)C(=O)N1C. The van der Waals surface area contributed by atoms with Crippen molar-refractivity contribution in [2.45, 2.75) is 196 Å². The Balaban J connectivity index is 4.19. The quantitative estimate of drug-likeness (QED) is 0.165. The van der Waals surface area contributed by atoms with Gasteiger partial charge >= 0.3 is 0 Å². The van der Waals surface area contributed by atoms with E-state index in [4.69, 9.17) is 0 Å². The number of allylic oxidation sites excluding steroid dienone is 2. The minimum Gasteiger partial charge on any atom is -0.390 e. The molecule has 462 valence electrons. The van der Waals surface area contributed by atoms with Crippen molar-refractivity contribution < 1.29 is 57.8 Å². The van der Waals surface area contributed by atoms with Gasteiger partial charge in [0.05, 0.1) is 19.2 Å². The van der Waals surface area contributed by atoms with Crippen molar-refractivity contribution in [2.75, 3.05) is 62.4 Å². The molecule has 23 nitrogen and oxygen atoms in total. The number of likely N-dealkylation sites (N-methyl/N-ethyl adjacent to an activating group) is 7. The van der Waals surface area contributed by atoms with E-state index >= 15 is 9.59 Å². The number of amides is 11. The van der Waals surface area contributed by atoms with Gasteiger partial charge in [-0.05, 0) is 88.4 Å². The number of nitrogens with one attached hydrogen (secondary N) is 4. The van der Waals surface area contributed by atoms with Crippen LogP contribution in [0.1, 0.15) is 136 Å². The van der Waals surface area contributed by atoms with Gasteiger partial charge in [-0.15, -0.1) is 0 Å². The predicted molar refractivity (Wildman–Crippen MR) is 310 cm³/mol. The van der Waals surface area contributed by atoms with Crippen molar-refractivity contribution in [2.24, 2.45) is 35.5 Å². The molecule has 11 atom stereocenters. The summed E-state index contributed by atoms with van der Waals surface area (Å²) in [5, 5.41) is 22.7. The molecule has 0 saturated carbocycles. The minimum atomic E-state index is -1.60. The summed E-state index contributed by atoms with van der Waals surface area (Å²) in [5.41, 5.74) is 0. The van der Waals surface area contributed by atoms with Gasteiger partial charge in [0.1, 0.15) is 54.4 Å². The van der Waals surface area contributed by atoms with Crippen LogP contribution in [0.2, 0.25) is 0 Å². The van der Waals surface area contributed by atoms with Gasteiger partial charge in [0.15, 0.2) is 0 Å². The lowest BCUT2D eigenvalue weighted by Gasteiger charge is -2.41. The molecule has 0 spiro atoms. The molecule has 0 unspecified atom stereocenters. The lowest BCUT2D eigenvalue weighted by molar-refractivity contribution is -0.157. The highest BCUT2D eigenvalue weighted by atomic mass is 16.3. The Kier molecular flexibility index (Phi) is 29.8. The number of carbonyl (C=O) groups excluding carboxylic acids is 11. The first kappa shape index (κ1) is 72.9. The zero-order chi connectivity index (χ0) is 62.8. The van der Waals surface area contributed by atoms with Crippen LogP contribution in [0.5, 0.6) is 0 Å². The summed E-state index contributed by atoms with van der Waals surface area (Å²) in [7, 11) is 9.77. The summed E-state index contributed by atoms with van der Waals surface area (Å²) >= 11 is 0. The Morgan fingerprint density at radius 3 is 1.42 bits per heavy atom. The fourth-order valence-electron chi connectivity index (χ4n) is 9.90. The Bertz CT molecular complexity index is 2220. The van der Waals surface area contributed by atoms with Crippen LogP contribution in [0.4, 0.5) is 0 Å². The largest absolute Gasteiger partial charge is 0.390 e. The fourth-order valence-corrected chi connectivity index (χ4v) is 9.90. The Morgan fingerprint density at radius 1 is 0.494 bits per heavy atom. The average Bonchev–Trinajstić information content (AvgIpc) is 3.51. The van der Waals surface area contributed by atoms with E-state index in [1.807, 2.05) is 41.5 Å². The molecule has 0 aromatic carbocycles. The topological polar surface area (TPSA) is 279 Å². The summed E-state index contributed by atoms with van der Waals surface area (Å²) in [6.45, 7) is 25.0. The van der Waals surface area contributed by atoms with E-state index in [0.29, 0.717) is 6.42 Å². The standard InChI is InChI=1S/C58H103N11O12/c1-23-25-26-37(13)49(72)48-52(75)61-40(24-2)54(77)64(17)31-45(71)63(16)30-44(70)62-46(35(9)10)57(80)65(18)41(27-32(3)4)51(74)59-38(14)50(73)60-39(15)53(76)66(19)42(28-33(5)6)55(78)67(20)43(29-34(7)8)56(79)68(21)47(36(11)12)58(81)69(48)22/h23,25,32-43,46-49,72H,24,26-31H2,1-22H3,(H,59,74)(H,60,73)(H,61,75)(H,62,70)/b25-23+/t37-,38+,39-,40+,41+,42+,43-,46+,47+,48+,49-/m1/s1. The third kappa shape index (κ3) is 20.7. The molecular weight excluding hydrogens is 1040 g/mol. The molecule has 23 heteroatoms. The maximum Gasteiger partial charge on any atom is 0.246 e. The molecule has 11 amide bonds. The van der Waals surface area contributed by atoms with E-state index in [2.05, 4.69) is 21.3 Å². The number of aliphatic hydroxyl groups excluding tert-OH is 1. The Hall–Kier alpha value is -6.13. The van der Waals surface area contributed by atoms with Gasteiger partial charge in [0, 0.05) is 49.3 Å². The average molecular weight is 1150 g/mol. The number of carbonyl (C=O) groups is 11. The van der Waals surface area contributed by atoms with Gasteiger partial charge in [-0.2, -0.15) is 0 Å². The maximum atomic E-state index is 15.0. The van der Waals surface area contributed by atoms with Crippen LogP contribution in [0.3, 0.4) is 0 Å². The molecule has 5 N–H and O–H groups in total. The van der Waals surface area contributed by atoms with Crippen molar-refractivity contribution in [3.63, 3.8) is 0 Å². The monoisotopic (exact) mass is 1150 g/mol. The molecule has 1 rings (SSSR count). The molecule has 1 heterocycles. The summed E-state index contributed by atoms with van der Waals surface area (Å²) in [6, 6.07) is -11.1. The molecule has 0 radical (unpaired) electrons. The molecule has 1 aliphatic rings. The van der Waals surface area contributed by atoms with E-state index in [1.54, 1.807) is 60.6 Å². The first-order chi connectivity index (χ1) is 37.4. The van der Waals surface area contributed by atoms with Crippen molar-refractivity contribution in [1.29, 1.82) is 0 Å². The summed E-state index contributed by atoms with van der Waals surface area (Å²) in [6.07, 6.45) is 2.90. The van der Waals surface area contributed by atoms with Gasteiger partial charge < -0.3 is 60.7 Å². The lowest BCUT2D eigenvalue weighted by atomic mass is 9.91. The number of aliphatic hydroxyl groups is 1. The van der Waals surface area contributed by atoms with Crippen molar-refractivity contribution in [3.8, 4) is 0 Å². The second-order valence-corrected chi connectivity index (χ2v) is 24.3.